The van der Waals surface area contributed by atoms with Gasteiger partial charge in [-0.3, -0.25) is 9.80 Å². The molecule has 2 aliphatic heterocycles. The highest BCUT2D eigenvalue weighted by atomic mass is 16.5. The molecule has 3 aliphatic carbocycles. The zero-order chi connectivity index (χ0) is 24.7. The third kappa shape index (κ3) is 3.25. The number of hydrogen-bond acceptors (Lipinski definition) is 5. The van der Waals surface area contributed by atoms with Crippen LogP contribution >= 0.6 is 0 Å². The quantitative estimate of drug-likeness (QED) is 0.602. The van der Waals surface area contributed by atoms with Crippen LogP contribution in [0.2, 0.25) is 0 Å². The van der Waals surface area contributed by atoms with E-state index in [1.807, 2.05) is 6.07 Å². The molecule has 2 bridgehead atoms. The first-order valence-electron chi connectivity index (χ1n) is 14.2. The van der Waals surface area contributed by atoms with E-state index in [2.05, 4.69) is 60.0 Å². The van der Waals surface area contributed by atoms with Gasteiger partial charge in [-0.1, -0.05) is 50.2 Å². The van der Waals surface area contributed by atoms with Crippen LogP contribution in [-0.2, 0) is 18.4 Å². The molecule has 2 heterocycles. The zero-order valence-electron chi connectivity index (χ0n) is 21.7. The van der Waals surface area contributed by atoms with Gasteiger partial charge >= 0.3 is 0 Å². The van der Waals surface area contributed by atoms with Gasteiger partial charge in [-0.05, 0) is 74.1 Å². The lowest BCUT2D eigenvalue weighted by Crippen LogP contribution is -2.78. The van der Waals surface area contributed by atoms with Crippen molar-refractivity contribution in [2.45, 2.75) is 88.1 Å². The van der Waals surface area contributed by atoms with E-state index in [0.717, 1.165) is 63.3 Å². The fraction of sp³-hybridized carbons (Fsp3) is 0.613. The lowest BCUT2D eigenvalue weighted by atomic mass is 9.48. The van der Waals surface area contributed by atoms with Crippen molar-refractivity contribution in [2.75, 3.05) is 19.6 Å². The number of hydrogen-bond donors (Lipinski definition) is 2. The Hall–Kier alpha value is -2.08. The minimum absolute atomic E-state index is 0.134. The summed E-state index contributed by atoms with van der Waals surface area (Å²) in [7, 11) is 0. The molecule has 1 saturated heterocycles. The van der Waals surface area contributed by atoms with Crippen molar-refractivity contribution < 1.29 is 14.9 Å². The Kier molecular flexibility index (Phi) is 5.26. The summed E-state index contributed by atoms with van der Waals surface area (Å²) in [4.78, 5) is 5.23. The van der Waals surface area contributed by atoms with Crippen LogP contribution in [0.5, 0.6) is 11.5 Å². The molecule has 0 unspecified atom stereocenters. The largest absolute Gasteiger partial charge is 0.504 e. The number of nitrogens with zero attached hydrogens (tertiary/aromatic N) is 2. The van der Waals surface area contributed by atoms with Crippen LogP contribution in [0.4, 0.5) is 0 Å². The van der Waals surface area contributed by atoms with Crippen LogP contribution < -0.4 is 4.74 Å². The normalized spacial score (nSPS) is 34.6. The maximum atomic E-state index is 12.8. The molecule has 5 heteroatoms. The fourth-order valence-corrected chi connectivity index (χ4v) is 8.43. The number of likely N-dealkylation sites (tertiary alicyclic amines) is 1. The molecule has 5 nitrogen and oxygen atoms in total. The number of rotatable bonds is 7. The van der Waals surface area contributed by atoms with Gasteiger partial charge in [0.05, 0.1) is 11.0 Å². The number of piperidine rings is 1. The van der Waals surface area contributed by atoms with E-state index in [4.69, 9.17) is 4.74 Å². The van der Waals surface area contributed by atoms with E-state index >= 15 is 0 Å². The molecular weight excluding hydrogens is 448 g/mol. The highest BCUT2D eigenvalue weighted by molar-refractivity contribution is 5.62. The molecule has 1 spiro atoms. The van der Waals surface area contributed by atoms with Crippen molar-refractivity contribution in [1.82, 2.24) is 9.80 Å². The highest BCUT2D eigenvalue weighted by Gasteiger charge is 2.73. The van der Waals surface area contributed by atoms with Gasteiger partial charge in [-0.25, -0.2) is 0 Å². The Balaban J connectivity index is 1.32. The second-order valence-corrected chi connectivity index (χ2v) is 12.7. The SMILES string of the molecule is CC(C)CN(Cc1ccccc1)[C@@H]1CC[C@@]2(O)[C@H]3Cc4ccc(O)c5c4[C@@]2(CCN3CC2CC2)[C@H]1O5. The van der Waals surface area contributed by atoms with E-state index in [1.54, 1.807) is 0 Å². The fourth-order valence-electron chi connectivity index (χ4n) is 8.43. The van der Waals surface area contributed by atoms with E-state index in [-0.39, 0.29) is 23.9 Å². The van der Waals surface area contributed by atoms with Crippen LogP contribution in [0.1, 0.15) is 62.6 Å². The number of phenols is 1. The minimum Gasteiger partial charge on any atom is -0.504 e. The maximum absolute atomic E-state index is 12.8. The van der Waals surface area contributed by atoms with Crippen LogP contribution in [-0.4, -0.2) is 63.4 Å². The average Bonchev–Trinajstić information content (AvgIpc) is 3.59. The Morgan fingerprint density at radius 3 is 2.64 bits per heavy atom. The van der Waals surface area contributed by atoms with E-state index in [9.17, 15) is 10.2 Å². The molecule has 7 rings (SSSR count). The van der Waals surface area contributed by atoms with E-state index in [0.29, 0.717) is 11.7 Å². The molecule has 5 aliphatic rings. The van der Waals surface area contributed by atoms with Crippen molar-refractivity contribution in [2.24, 2.45) is 11.8 Å². The summed E-state index contributed by atoms with van der Waals surface area (Å²) < 4.78 is 6.85. The number of phenolic OH excluding ortho intramolecular Hbond substituents is 1. The summed E-state index contributed by atoms with van der Waals surface area (Å²) in [6, 6.07) is 15.0. The lowest BCUT2D eigenvalue weighted by Gasteiger charge is -2.65. The topological polar surface area (TPSA) is 56.2 Å². The van der Waals surface area contributed by atoms with E-state index in [1.165, 1.54) is 24.0 Å². The average molecular weight is 489 g/mol. The third-order valence-electron chi connectivity index (χ3n) is 10.0. The molecule has 2 aromatic rings. The number of aromatic hydroxyl groups is 1. The number of benzene rings is 2. The standard InChI is InChI=1S/C31H40N2O3/c1-20(2)17-33(19-21-6-4-3-5-7-21)24-12-13-31(35)26-16-23-10-11-25(34)28-27(23)30(31,29(24)36-28)14-15-32(26)18-22-8-9-22/h3-7,10-11,20,22,24,26,29,34-35H,8-9,12-19H2,1-2H3/t24-,26-,29+,30+,31-/m1/s1. The smallest absolute Gasteiger partial charge is 0.165 e. The van der Waals surface area contributed by atoms with Gasteiger partial charge in [0, 0.05) is 37.3 Å². The molecule has 0 amide bonds. The van der Waals surface area contributed by atoms with Crippen molar-refractivity contribution in [3.8, 4) is 11.5 Å². The predicted octanol–water partition coefficient (Wildman–Crippen LogP) is 4.48. The van der Waals surface area contributed by atoms with Crippen molar-refractivity contribution in [3.63, 3.8) is 0 Å². The molecule has 3 fully saturated rings. The second kappa shape index (κ2) is 8.21. The summed E-state index contributed by atoms with van der Waals surface area (Å²) in [5.41, 5.74) is 2.46. The van der Waals surface area contributed by atoms with Gasteiger partial charge in [0.15, 0.2) is 11.5 Å². The monoisotopic (exact) mass is 488 g/mol. The molecule has 2 aromatic carbocycles. The first kappa shape index (κ1) is 23.1. The molecule has 0 aromatic heterocycles. The van der Waals surface area contributed by atoms with Gasteiger partial charge in [0.25, 0.3) is 0 Å². The van der Waals surface area contributed by atoms with Crippen molar-refractivity contribution >= 4 is 0 Å². The lowest BCUT2D eigenvalue weighted by molar-refractivity contribution is -0.201. The van der Waals surface area contributed by atoms with E-state index < -0.39 is 11.0 Å². The van der Waals surface area contributed by atoms with Gasteiger partial charge in [-0.2, -0.15) is 0 Å². The maximum Gasteiger partial charge on any atom is 0.165 e. The van der Waals surface area contributed by atoms with Crippen molar-refractivity contribution in [3.05, 3.63) is 59.2 Å². The molecule has 5 atom stereocenters. The Morgan fingerprint density at radius 2 is 1.89 bits per heavy atom. The van der Waals surface area contributed by atoms with Crippen LogP contribution in [0.3, 0.4) is 0 Å². The Labute approximate surface area is 215 Å². The summed E-state index contributed by atoms with van der Waals surface area (Å²) >= 11 is 0. The summed E-state index contributed by atoms with van der Waals surface area (Å²) in [5.74, 6) is 2.22. The second-order valence-electron chi connectivity index (χ2n) is 12.7. The molecule has 0 radical (unpaired) electrons. The molecule has 2 saturated carbocycles. The molecule has 192 valence electrons. The minimum atomic E-state index is -0.816. The van der Waals surface area contributed by atoms with Gasteiger partial charge in [-0.15, -0.1) is 0 Å². The van der Waals surface area contributed by atoms with Gasteiger partial charge in [0.1, 0.15) is 6.10 Å². The summed E-state index contributed by atoms with van der Waals surface area (Å²) in [5, 5.41) is 23.7. The van der Waals surface area contributed by atoms with Gasteiger partial charge < -0.3 is 14.9 Å². The first-order chi connectivity index (χ1) is 17.4. The third-order valence-corrected chi connectivity index (χ3v) is 10.0. The Bertz CT molecular complexity index is 1150. The van der Waals surface area contributed by atoms with Crippen LogP contribution in [0.25, 0.3) is 0 Å². The first-order valence-corrected chi connectivity index (χ1v) is 14.2. The number of ether oxygens (including phenoxy) is 1. The number of aliphatic hydroxyl groups is 1. The molecule has 2 N–H and O–H groups in total. The van der Waals surface area contributed by atoms with Crippen molar-refractivity contribution in [1.29, 1.82) is 0 Å². The molecule has 36 heavy (non-hydrogen) atoms. The van der Waals surface area contributed by atoms with Crippen LogP contribution in [0.15, 0.2) is 42.5 Å². The summed E-state index contributed by atoms with van der Waals surface area (Å²) in [6.07, 6.45) is 5.98. The predicted molar refractivity (Wildman–Crippen MR) is 140 cm³/mol. The zero-order valence-corrected chi connectivity index (χ0v) is 21.7. The highest BCUT2D eigenvalue weighted by Crippen LogP contribution is 2.66. The Morgan fingerprint density at radius 1 is 1.08 bits per heavy atom. The van der Waals surface area contributed by atoms with Gasteiger partial charge in [0.2, 0.25) is 0 Å². The van der Waals surface area contributed by atoms with Crippen LogP contribution in [0, 0.1) is 11.8 Å². The summed E-state index contributed by atoms with van der Waals surface area (Å²) in [6.45, 7) is 8.57. The molecular formula is C31H40N2O3.